The molecule has 0 bridgehead atoms. The van der Waals surface area contributed by atoms with Gasteiger partial charge >= 0.3 is 0 Å². The lowest BCUT2D eigenvalue weighted by Gasteiger charge is -2.19. The quantitative estimate of drug-likeness (QED) is 0.384. The molecule has 32 heavy (non-hydrogen) atoms. The summed E-state index contributed by atoms with van der Waals surface area (Å²) in [7, 11) is 3.36. The molecule has 0 spiro atoms. The van der Waals surface area contributed by atoms with Gasteiger partial charge in [0.2, 0.25) is 0 Å². The molecule has 5 heteroatoms. The van der Waals surface area contributed by atoms with Crippen LogP contribution in [0.3, 0.4) is 0 Å². The van der Waals surface area contributed by atoms with Gasteiger partial charge in [-0.3, -0.25) is 0 Å². The Bertz CT molecular complexity index is 1240. The highest BCUT2D eigenvalue weighted by molar-refractivity contribution is 5.79. The zero-order valence-electron chi connectivity index (χ0n) is 18.0. The van der Waals surface area contributed by atoms with E-state index in [1.807, 2.05) is 48.5 Å². The molecule has 0 saturated carbocycles. The maximum atomic E-state index is 5.34. The predicted molar refractivity (Wildman–Crippen MR) is 127 cm³/mol. The van der Waals surface area contributed by atoms with Gasteiger partial charge in [-0.1, -0.05) is 12.1 Å². The molecule has 0 amide bonds. The van der Waals surface area contributed by atoms with E-state index in [0.29, 0.717) is 0 Å². The molecule has 2 N–H and O–H groups in total. The standard InChI is InChI=1S/C27H23N3O2/c1-31-23-15-11-21(12-16-23)30(22-13-17-24(32-2)18-14-22)20-9-7-19(8-10-20)27-28-25-5-3-4-6-26(25)29-27/h3-18H,1-2H3,(H,28,29)/p+1. The number of aromatic nitrogens is 2. The number of rotatable bonds is 6. The van der Waals surface area contributed by atoms with Crippen LogP contribution in [0, 0.1) is 0 Å². The highest BCUT2D eigenvalue weighted by Gasteiger charge is 2.19. The van der Waals surface area contributed by atoms with Crippen LogP contribution >= 0.6 is 0 Å². The lowest BCUT2D eigenvalue weighted by Crippen LogP contribution is -2.96. The van der Waals surface area contributed by atoms with E-state index >= 15 is 0 Å². The molecule has 5 nitrogen and oxygen atoms in total. The number of aromatic amines is 1. The first-order valence-corrected chi connectivity index (χ1v) is 10.5. The van der Waals surface area contributed by atoms with Crippen molar-refractivity contribution in [2.45, 2.75) is 0 Å². The Morgan fingerprint density at radius 1 is 0.625 bits per heavy atom. The summed E-state index contributed by atoms with van der Waals surface area (Å²) in [5, 5.41) is 0. The number of H-pyrrole nitrogens is 1. The minimum atomic E-state index is 0.836. The van der Waals surface area contributed by atoms with Crippen LogP contribution in [0.4, 0.5) is 17.1 Å². The highest BCUT2D eigenvalue weighted by Crippen LogP contribution is 2.24. The van der Waals surface area contributed by atoms with Crippen molar-refractivity contribution in [2.75, 3.05) is 14.2 Å². The molecule has 0 aliphatic carbocycles. The summed E-state index contributed by atoms with van der Waals surface area (Å²) in [5.41, 5.74) is 6.42. The summed E-state index contributed by atoms with van der Waals surface area (Å²) in [4.78, 5) is 9.27. The molecule has 4 aromatic carbocycles. The van der Waals surface area contributed by atoms with Crippen molar-refractivity contribution < 1.29 is 14.4 Å². The van der Waals surface area contributed by atoms with Crippen LogP contribution in [0.1, 0.15) is 0 Å². The van der Waals surface area contributed by atoms with E-state index in [-0.39, 0.29) is 0 Å². The number of quaternary nitrogens is 1. The molecule has 5 rings (SSSR count). The molecule has 0 radical (unpaired) electrons. The molecule has 1 heterocycles. The maximum Gasteiger partial charge on any atom is 0.141 e. The Kier molecular flexibility index (Phi) is 5.32. The van der Waals surface area contributed by atoms with Crippen molar-refractivity contribution in [2.24, 2.45) is 0 Å². The second kappa shape index (κ2) is 8.57. The third-order valence-electron chi connectivity index (χ3n) is 5.59. The fourth-order valence-corrected chi connectivity index (χ4v) is 3.90. The molecule has 0 aliphatic heterocycles. The monoisotopic (exact) mass is 422 g/mol. The predicted octanol–water partition coefficient (Wildman–Crippen LogP) is 5.43. The zero-order chi connectivity index (χ0) is 21.9. The van der Waals surface area contributed by atoms with E-state index in [2.05, 4.69) is 53.5 Å². The fraction of sp³-hybridized carbons (Fsp3) is 0.0741. The molecule has 0 unspecified atom stereocenters. The minimum Gasteiger partial charge on any atom is -0.497 e. The van der Waals surface area contributed by atoms with Crippen molar-refractivity contribution in [3.8, 4) is 22.9 Å². The molecule has 1 aromatic heterocycles. The molecule has 0 aliphatic rings. The van der Waals surface area contributed by atoms with Crippen molar-refractivity contribution in [1.82, 2.24) is 9.97 Å². The second-order valence-corrected chi connectivity index (χ2v) is 7.51. The third kappa shape index (κ3) is 3.82. The SMILES string of the molecule is COc1ccc([NH+](c2ccc(OC)cc2)c2ccc(-c3nc4ccccc4[nH]3)cc2)cc1. The topological polar surface area (TPSA) is 51.6 Å². The molecule has 0 atom stereocenters. The average molecular weight is 423 g/mol. The van der Waals surface area contributed by atoms with E-state index in [9.17, 15) is 0 Å². The minimum absolute atomic E-state index is 0.836. The Labute approximate surface area is 186 Å². The van der Waals surface area contributed by atoms with Crippen LogP contribution in [0.2, 0.25) is 0 Å². The smallest absolute Gasteiger partial charge is 0.141 e. The van der Waals surface area contributed by atoms with Gasteiger partial charge in [-0.05, 0) is 48.5 Å². The summed E-state index contributed by atoms with van der Waals surface area (Å²) < 4.78 is 10.7. The molecular weight excluding hydrogens is 398 g/mol. The van der Waals surface area contributed by atoms with Gasteiger partial charge in [0.25, 0.3) is 0 Å². The van der Waals surface area contributed by atoms with Gasteiger partial charge < -0.3 is 14.5 Å². The van der Waals surface area contributed by atoms with Gasteiger partial charge in [-0.25, -0.2) is 9.88 Å². The molecule has 158 valence electrons. The number of hydrogen-bond acceptors (Lipinski definition) is 3. The number of nitrogens with one attached hydrogen (secondary N) is 2. The number of para-hydroxylation sites is 2. The maximum absolute atomic E-state index is 5.34. The van der Waals surface area contributed by atoms with Gasteiger partial charge in [-0.15, -0.1) is 0 Å². The Morgan fingerprint density at radius 2 is 1.12 bits per heavy atom. The number of methoxy groups -OCH3 is 2. The number of nitrogens with zero attached hydrogens (tertiary/aromatic N) is 1. The second-order valence-electron chi connectivity index (χ2n) is 7.51. The zero-order valence-corrected chi connectivity index (χ0v) is 18.0. The summed E-state index contributed by atoms with van der Waals surface area (Å²) in [6, 6.07) is 32.9. The third-order valence-corrected chi connectivity index (χ3v) is 5.59. The number of benzene rings is 4. The Morgan fingerprint density at radius 3 is 1.62 bits per heavy atom. The van der Waals surface area contributed by atoms with E-state index in [1.165, 1.54) is 0 Å². The lowest BCUT2D eigenvalue weighted by atomic mass is 10.1. The highest BCUT2D eigenvalue weighted by atomic mass is 16.5. The van der Waals surface area contributed by atoms with E-state index in [1.54, 1.807) is 14.2 Å². The first-order valence-electron chi connectivity index (χ1n) is 10.5. The molecule has 5 aromatic rings. The van der Waals surface area contributed by atoms with E-state index in [0.717, 1.165) is 55.9 Å². The fourth-order valence-electron chi connectivity index (χ4n) is 3.90. The van der Waals surface area contributed by atoms with Crippen LogP contribution in [0.5, 0.6) is 11.5 Å². The van der Waals surface area contributed by atoms with Gasteiger partial charge in [0.05, 0.1) is 25.3 Å². The van der Waals surface area contributed by atoms with Crippen LogP contribution in [0.15, 0.2) is 97.1 Å². The van der Waals surface area contributed by atoms with E-state index < -0.39 is 0 Å². The first kappa shape index (κ1) is 19.8. The van der Waals surface area contributed by atoms with Crippen molar-refractivity contribution in [1.29, 1.82) is 0 Å². The summed E-state index contributed by atoms with van der Waals surface area (Å²) in [6.45, 7) is 0. The number of ether oxygens (including phenoxy) is 2. The summed E-state index contributed by atoms with van der Waals surface area (Å²) in [6.07, 6.45) is 0. The average Bonchev–Trinajstić information content (AvgIpc) is 3.30. The van der Waals surface area contributed by atoms with Gasteiger partial charge in [0.15, 0.2) is 0 Å². The largest absolute Gasteiger partial charge is 0.497 e. The number of imidazole rings is 1. The van der Waals surface area contributed by atoms with Crippen LogP contribution in [0.25, 0.3) is 22.4 Å². The van der Waals surface area contributed by atoms with Gasteiger partial charge in [0.1, 0.15) is 34.4 Å². The van der Waals surface area contributed by atoms with Crippen molar-refractivity contribution in [3.63, 3.8) is 0 Å². The molecule has 0 fully saturated rings. The normalized spacial score (nSPS) is 11.1. The number of hydrogen-bond donors (Lipinski definition) is 2. The van der Waals surface area contributed by atoms with Crippen LogP contribution in [-0.2, 0) is 0 Å². The molecular formula is C27H24N3O2+. The molecule has 0 saturated heterocycles. The summed E-state index contributed by atoms with van der Waals surface area (Å²) in [5.74, 6) is 2.54. The first-order chi connectivity index (χ1) is 15.7. The van der Waals surface area contributed by atoms with E-state index in [4.69, 9.17) is 14.5 Å². The van der Waals surface area contributed by atoms with Crippen LogP contribution < -0.4 is 14.4 Å². The van der Waals surface area contributed by atoms with Gasteiger partial charge in [0, 0.05) is 42.0 Å². The van der Waals surface area contributed by atoms with Gasteiger partial charge in [-0.2, -0.15) is 0 Å². The number of fused-ring (bicyclic) bond motifs is 1. The van der Waals surface area contributed by atoms with Crippen molar-refractivity contribution in [3.05, 3.63) is 97.1 Å². The van der Waals surface area contributed by atoms with Crippen molar-refractivity contribution >= 4 is 28.1 Å². The Hall–Kier alpha value is -4.09. The Balaban J connectivity index is 1.53. The lowest BCUT2D eigenvalue weighted by molar-refractivity contribution is -0.681. The summed E-state index contributed by atoms with van der Waals surface area (Å²) >= 11 is 0. The van der Waals surface area contributed by atoms with Crippen LogP contribution in [-0.4, -0.2) is 24.2 Å².